The van der Waals surface area contributed by atoms with Crippen molar-refractivity contribution in [3.63, 3.8) is 0 Å². The zero-order valence-electron chi connectivity index (χ0n) is 16.7. The number of hydrogen-bond acceptors (Lipinski definition) is 4. The smallest absolute Gasteiger partial charge is 0.265 e. The van der Waals surface area contributed by atoms with Crippen molar-refractivity contribution in [2.24, 2.45) is 17.3 Å². The lowest BCUT2D eigenvalue weighted by Crippen LogP contribution is -2.49. The van der Waals surface area contributed by atoms with Crippen molar-refractivity contribution < 1.29 is 0 Å². The molecule has 0 spiro atoms. The molecule has 0 N–H and O–H groups in total. The average Bonchev–Trinajstić information content (AvgIpc) is 2.73. The Bertz CT molecular complexity index is 1020. The van der Waals surface area contributed by atoms with E-state index < -0.39 is 0 Å². The molecular formula is C24H23N3S2. The molecule has 1 aromatic rings. The van der Waals surface area contributed by atoms with E-state index in [-0.39, 0.29) is 11.1 Å². The van der Waals surface area contributed by atoms with Crippen LogP contribution in [0.5, 0.6) is 0 Å². The van der Waals surface area contributed by atoms with E-state index in [1.165, 1.54) is 26.6 Å². The van der Waals surface area contributed by atoms with Crippen LogP contribution in [0.3, 0.4) is 0 Å². The molecule has 3 aliphatic carbocycles. The third kappa shape index (κ3) is 2.95. The fraction of sp³-hybridized carbons (Fsp3) is 0.417. The second-order valence-corrected chi connectivity index (χ2v) is 11.0. The van der Waals surface area contributed by atoms with Crippen LogP contribution in [0.4, 0.5) is 5.69 Å². The van der Waals surface area contributed by atoms with Gasteiger partial charge in [-0.2, -0.15) is 0 Å². The predicted octanol–water partition coefficient (Wildman–Crippen LogP) is 6.02. The molecule has 29 heavy (non-hydrogen) atoms. The summed E-state index contributed by atoms with van der Waals surface area (Å²) in [5.41, 5.74) is 5.27. The Labute approximate surface area is 181 Å². The minimum absolute atomic E-state index is 0.116. The van der Waals surface area contributed by atoms with Gasteiger partial charge < -0.3 is 4.90 Å². The summed E-state index contributed by atoms with van der Waals surface area (Å²) in [6, 6.07) is 6.77. The lowest BCUT2D eigenvalue weighted by molar-refractivity contribution is 0.0261. The predicted molar refractivity (Wildman–Crippen MR) is 122 cm³/mol. The van der Waals surface area contributed by atoms with Gasteiger partial charge in [-0.3, -0.25) is 0 Å². The molecule has 1 fully saturated rings. The van der Waals surface area contributed by atoms with E-state index >= 15 is 0 Å². The van der Waals surface area contributed by atoms with Gasteiger partial charge in [-0.15, -0.1) is 23.5 Å². The molecule has 2 heterocycles. The average molecular weight is 418 g/mol. The van der Waals surface area contributed by atoms with Crippen LogP contribution < -0.4 is 4.90 Å². The molecule has 0 saturated heterocycles. The molecule has 2 unspecified atom stereocenters. The van der Waals surface area contributed by atoms with Crippen LogP contribution in [0.15, 0.2) is 50.9 Å². The molecule has 2 atom stereocenters. The molecule has 0 amide bonds. The zero-order chi connectivity index (χ0) is 20.2. The lowest BCUT2D eigenvalue weighted by atomic mass is 9.47. The van der Waals surface area contributed by atoms with Crippen LogP contribution in [0.1, 0.15) is 25.8 Å². The number of benzene rings is 1. The highest BCUT2D eigenvalue weighted by molar-refractivity contribution is 8.00. The van der Waals surface area contributed by atoms with Gasteiger partial charge in [0.25, 0.3) is 5.70 Å². The maximum atomic E-state index is 9.40. The highest BCUT2D eigenvalue weighted by atomic mass is 32.2. The number of nitriles is 1. The van der Waals surface area contributed by atoms with Crippen LogP contribution >= 0.6 is 23.5 Å². The molecule has 5 heteroatoms. The van der Waals surface area contributed by atoms with Crippen molar-refractivity contribution >= 4 is 35.3 Å². The highest BCUT2D eigenvalue weighted by Crippen LogP contribution is 2.62. The van der Waals surface area contributed by atoms with Crippen molar-refractivity contribution in [2.75, 3.05) is 29.5 Å². The summed E-state index contributed by atoms with van der Waals surface area (Å²) in [7, 11) is 0. The van der Waals surface area contributed by atoms with Gasteiger partial charge in [-0.25, -0.2) is 10.1 Å². The van der Waals surface area contributed by atoms with Crippen molar-refractivity contribution in [3.05, 3.63) is 58.1 Å². The summed E-state index contributed by atoms with van der Waals surface area (Å²) in [6.07, 6.45) is 7.63. The Kier molecular flexibility index (Phi) is 4.57. The number of anilines is 1. The van der Waals surface area contributed by atoms with Gasteiger partial charge in [0.1, 0.15) is 0 Å². The molecule has 1 saturated carbocycles. The number of fused-ring (bicyclic) bond motifs is 1. The topological polar surface area (TPSA) is 31.4 Å². The molecule has 0 radical (unpaired) electrons. The normalized spacial score (nSPS) is 28.0. The summed E-state index contributed by atoms with van der Waals surface area (Å²) in [6.45, 7) is 14.2. The standard InChI is InChI=1S/C24H23N3S2/c1-24(2)18-13-19(24)17(20(14-25)26-3)12-16(18)5-4-15-10-21-23-22(11-15)29-9-7-27(23)6-8-28-21/h4-5,10-12,18-19H,6-9,13H2,1-2H3. The molecule has 2 bridgehead atoms. The zero-order valence-corrected chi connectivity index (χ0v) is 18.4. The monoisotopic (exact) mass is 417 g/mol. The van der Waals surface area contributed by atoms with E-state index in [1.807, 2.05) is 23.5 Å². The first-order valence-electron chi connectivity index (χ1n) is 10.1. The third-order valence-electron chi connectivity index (χ3n) is 6.94. The lowest BCUT2D eigenvalue weighted by Gasteiger charge is -2.57. The van der Waals surface area contributed by atoms with Crippen molar-refractivity contribution in [1.29, 1.82) is 5.26 Å². The molecule has 3 nitrogen and oxygen atoms in total. The van der Waals surface area contributed by atoms with Gasteiger partial charge in [0, 0.05) is 34.4 Å². The summed E-state index contributed by atoms with van der Waals surface area (Å²) in [4.78, 5) is 8.85. The van der Waals surface area contributed by atoms with Gasteiger partial charge in [0.05, 0.1) is 18.3 Å². The van der Waals surface area contributed by atoms with Gasteiger partial charge in [0.15, 0.2) is 0 Å². The van der Waals surface area contributed by atoms with E-state index in [2.05, 4.69) is 60.0 Å². The number of hydrogen-bond donors (Lipinski definition) is 0. The number of thioether (sulfide) groups is 2. The fourth-order valence-electron chi connectivity index (χ4n) is 5.24. The quantitative estimate of drug-likeness (QED) is 0.435. The molecule has 1 aromatic carbocycles. The van der Waals surface area contributed by atoms with Crippen LogP contribution in [-0.4, -0.2) is 24.6 Å². The Balaban J connectivity index is 1.52. The van der Waals surface area contributed by atoms with E-state index in [9.17, 15) is 5.26 Å². The highest BCUT2D eigenvalue weighted by Gasteiger charge is 2.53. The van der Waals surface area contributed by atoms with Crippen LogP contribution in [0.2, 0.25) is 0 Å². The van der Waals surface area contributed by atoms with Crippen LogP contribution in [-0.2, 0) is 0 Å². The third-order valence-corrected chi connectivity index (χ3v) is 8.96. The molecule has 0 aromatic heterocycles. The molecule has 5 aliphatic rings. The Hall–Kier alpha value is -2.08. The summed E-state index contributed by atoms with van der Waals surface area (Å²) >= 11 is 3.94. The molecular weight excluding hydrogens is 394 g/mol. The first-order valence-corrected chi connectivity index (χ1v) is 12.1. The van der Waals surface area contributed by atoms with E-state index in [1.54, 1.807) is 0 Å². The van der Waals surface area contributed by atoms with E-state index in [0.717, 1.165) is 36.6 Å². The van der Waals surface area contributed by atoms with Crippen LogP contribution in [0.25, 0.3) is 10.9 Å². The summed E-state index contributed by atoms with van der Waals surface area (Å²) in [5.74, 6) is 3.16. The SMILES string of the molecule is [C-]#[N+]C(C#N)=C1C=C(C=Cc2cc3c4c(c2)SCCN4CCS3)C2CC1C2(C)C. The Morgan fingerprint density at radius 1 is 1.21 bits per heavy atom. The second kappa shape index (κ2) is 7.01. The van der Waals surface area contributed by atoms with Gasteiger partial charge in [0.2, 0.25) is 0 Å². The molecule has 6 rings (SSSR count). The van der Waals surface area contributed by atoms with Crippen molar-refractivity contribution in [2.45, 2.75) is 30.1 Å². The summed E-state index contributed by atoms with van der Waals surface area (Å²) < 4.78 is 0. The minimum Gasteiger partial charge on any atom is -0.368 e. The fourth-order valence-corrected chi connectivity index (χ4v) is 7.56. The van der Waals surface area contributed by atoms with Gasteiger partial charge >= 0.3 is 0 Å². The number of rotatable bonds is 2. The van der Waals surface area contributed by atoms with Crippen molar-refractivity contribution in [1.82, 2.24) is 0 Å². The largest absolute Gasteiger partial charge is 0.368 e. The number of nitrogens with zero attached hydrogens (tertiary/aromatic N) is 3. The maximum absolute atomic E-state index is 9.40. The number of allylic oxidation sites excluding steroid dienone is 5. The first kappa shape index (κ1) is 18.9. The Morgan fingerprint density at radius 3 is 2.48 bits per heavy atom. The van der Waals surface area contributed by atoms with Crippen molar-refractivity contribution in [3.8, 4) is 6.07 Å². The van der Waals surface area contributed by atoms with Gasteiger partial charge in [-0.05, 0) is 52.5 Å². The maximum Gasteiger partial charge on any atom is 0.265 e. The minimum atomic E-state index is 0.116. The summed E-state index contributed by atoms with van der Waals surface area (Å²) in [5, 5.41) is 9.40. The van der Waals surface area contributed by atoms with E-state index in [4.69, 9.17) is 6.57 Å². The second-order valence-electron chi connectivity index (χ2n) is 8.72. The van der Waals surface area contributed by atoms with Crippen LogP contribution in [0, 0.1) is 35.2 Å². The molecule has 2 aliphatic heterocycles. The van der Waals surface area contributed by atoms with Gasteiger partial charge in [-0.1, -0.05) is 32.1 Å². The molecule has 146 valence electrons. The first-order chi connectivity index (χ1) is 14.0. The van der Waals surface area contributed by atoms with E-state index in [0.29, 0.717) is 11.8 Å². The Morgan fingerprint density at radius 2 is 1.90 bits per heavy atom.